The minimum absolute atomic E-state index is 0.00749. The molecule has 29 heavy (non-hydrogen) atoms. The molecular weight excluding hydrogens is 400 g/mol. The topological polar surface area (TPSA) is 130 Å². The van der Waals surface area contributed by atoms with Gasteiger partial charge in [0.05, 0.1) is 18.3 Å². The molecule has 8 nitrogen and oxygen atoms in total. The number of carbonyl (C=O) groups is 1. The molecule has 0 aromatic rings. The van der Waals surface area contributed by atoms with Gasteiger partial charge < -0.3 is 14.9 Å². The van der Waals surface area contributed by atoms with E-state index in [1.807, 2.05) is 0 Å². The third-order valence-corrected chi connectivity index (χ3v) is 7.91. The number of cyclic esters (lactones) is 1. The summed E-state index contributed by atoms with van der Waals surface area (Å²) < 4.78 is 41.7. The summed E-state index contributed by atoms with van der Waals surface area (Å²) >= 11 is 0. The third-order valence-electron chi connectivity index (χ3n) is 7.43. The summed E-state index contributed by atoms with van der Waals surface area (Å²) in [5, 5.41) is 20.2. The normalized spacial score (nSPS) is 42.0. The molecule has 164 valence electrons. The van der Waals surface area contributed by atoms with E-state index in [4.69, 9.17) is 8.92 Å². The highest BCUT2D eigenvalue weighted by Gasteiger charge is 2.58. The summed E-state index contributed by atoms with van der Waals surface area (Å²) in [6, 6.07) is 0. The predicted molar refractivity (Wildman–Crippen MR) is 104 cm³/mol. The standard InChI is InChI=1S/C20H30O8S/c1-12-4-7-16-19(2,14(12)6-5-13-15(22)10-27-18(13)23)9-8-17(20(16,3)11-21)28-29(24,25)26/h5,14-17,21-22H,1,4,6-11H2,2-3H3,(H,24,25,26). The Kier molecular flexibility index (Phi) is 6.01. The van der Waals surface area contributed by atoms with Crippen LogP contribution in [0.5, 0.6) is 0 Å². The quantitative estimate of drug-likeness (QED) is 0.260. The molecule has 0 aromatic heterocycles. The van der Waals surface area contributed by atoms with Crippen molar-refractivity contribution in [3.05, 3.63) is 23.8 Å². The Labute approximate surface area is 171 Å². The molecule has 6 unspecified atom stereocenters. The lowest BCUT2D eigenvalue weighted by Crippen LogP contribution is -2.58. The van der Waals surface area contributed by atoms with Crippen molar-refractivity contribution in [2.45, 2.75) is 58.2 Å². The molecular formula is C20H30O8S. The second-order valence-electron chi connectivity index (χ2n) is 9.03. The van der Waals surface area contributed by atoms with Crippen LogP contribution in [0.3, 0.4) is 0 Å². The van der Waals surface area contributed by atoms with E-state index in [1.54, 1.807) is 13.0 Å². The summed E-state index contributed by atoms with van der Waals surface area (Å²) in [6.45, 7) is 7.82. The molecule has 9 heteroatoms. The number of hydrogen-bond acceptors (Lipinski definition) is 7. The van der Waals surface area contributed by atoms with Crippen molar-refractivity contribution in [2.24, 2.45) is 22.7 Å². The van der Waals surface area contributed by atoms with Crippen LogP contribution < -0.4 is 0 Å². The molecule has 1 heterocycles. The highest BCUT2D eigenvalue weighted by Crippen LogP contribution is 2.62. The Balaban J connectivity index is 1.91. The molecule has 1 saturated heterocycles. The SMILES string of the molecule is C=C1CCC2C(C)(CO)C(OS(=O)(=O)O)CCC2(C)C1CC=C1C(=O)OCC1O. The van der Waals surface area contributed by atoms with Crippen LogP contribution in [0.25, 0.3) is 0 Å². The number of aliphatic hydroxyl groups is 2. The van der Waals surface area contributed by atoms with Gasteiger partial charge in [-0.2, -0.15) is 8.42 Å². The van der Waals surface area contributed by atoms with Gasteiger partial charge >= 0.3 is 16.4 Å². The van der Waals surface area contributed by atoms with Gasteiger partial charge in [0.2, 0.25) is 0 Å². The van der Waals surface area contributed by atoms with Gasteiger partial charge in [-0.15, -0.1) is 0 Å². The minimum atomic E-state index is -4.64. The lowest BCUT2D eigenvalue weighted by molar-refractivity contribution is -0.142. The van der Waals surface area contributed by atoms with Crippen LogP contribution in [0.1, 0.15) is 46.0 Å². The minimum Gasteiger partial charge on any atom is -0.459 e. The zero-order valence-electron chi connectivity index (χ0n) is 16.8. The van der Waals surface area contributed by atoms with E-state index in [1.165, 1.54) is 0 Å². The van der Waals surface area contributed by atoms with E-state index in [2.05, 4.69) is 13.5 Å². The smallest absolute Gasteiger partial charge is 0.397 e. The Bertz CT molecular complexity index is 818. The van der Waals surface area contributed by atoms with Crippen LogP contribution in [-0.4, -0.2) is 54.6 Å². The number of esters is 1. The van der Waals surface area contributed by atoms with E-state index in [-0.39, 0.29) is 36.0 Å². The van der Waals surface area contributed by atoms with Crippen LogP contribution >= 0.6 is 0 Å². The van der Waals surface area contributed by atoms with Gasteiger partial charge in [-0.1, -0.05) is 32.1 Å². The van der Waals surface area contributed by atoms with Gasteiger partial charge in [-0.05, 0) is 49.4 Å². The molecule has 3 rings (SSSR count). The van der Waals surface area contributed by atoms with Gasteiger partial charge in [-0.25, -0.2) is 8.98 Å². The molecule has 0 bridgehead atoms. The Morgan fingerprint density at radius 2 is 2.03 bits per heavy atom. The van der Waals surface area contributed by atoms with Gasteiger partial charge in [-0.3, -0.25) is 4.55 Å². The van der Waals surface area contributed by atoms with E-state index >= 15 is 0 Å². The van der Waals surface area contributed by atoms with Crippen LogP contribution in [0.15, 0.2) is 23.8 Å². The summed E-state index contributed by atoms with van der Waals surface area (Å²) in [5.74, 6) is -0.590. The predicted octanol–water partition coefficient (Wildman–Crippen LogP) is 1.79. The number of fused-ring (bicyclic) bond motifs is 1. The molecule has 2 aliphatic carbocycles. The molecule has 0 aromatic carbocycles. The molecule has 1 aliphatic heterocycles. The summed E-state index contributed by atoms with van der Waals surface area (Å²) in [6.07, 6.45) is 2.87. The second-order valence-corrected chi connectivity index (χ2v) is 10.1. The van der Waals surface area contributed by atoms with Gasteiger partial charge in [0.1, 0.15) is 12.7 Å². The van der Waals surface area contributed by atoms with Crippen LogP contribution in [0.2, 0.25) is 0 Å². The maximum absolute atomic E-state index is 11.8. The second kappa shape index (κ2) is 7.77. The maximum Gasteiger partial charge on any atom is 0.397 e. The Hall–Kier alpha value is -1.26. The molecule has 6 atom stereocenters. The Morgan fingerprint density at radius 1 is 1.34 bits per heavy atom. The average Bonchev–Trinajstić information content (AvgIpc) is 2.94. The number of allylic oxidation sites excluding steroid dienone is 2. The average molecular weight is 431 g/mol. The van der Waals surface area contributed by atoms with Gasteiger partial charge in [0, 0.05) is 5.41 Å². The van der Waals surface area contributed by atoms with Crippen molar-refractivity contribution in [3.63, 3.8) is 0 Å². The number of hydrogen-bond donors (Lipinski definition) is 3. The molecule has 0 amide bonds. The van der Waals surface area contributed by atoms with Crippen molar-refractivity contribution in [1.82, 2.24) is 0 Å². The van der Waals surface area contributed by atoms with Gasteiger partial charge in [0.15, 0.2) is 0 Å². The van der Waals surface area contributed by atoms with Crippen molar-refractivity contribution >= 4 is 16.4 Å². The first-order chi connectivity index (χ1) is 13.4. The first kappa shape index (κ1) is 22.4. The monoisotopic (exact) mass is 430 g/mol. The van der Waals surface area contributed by atoms with Crippen LogP contribution in [0.4, 0.5) is 0 Å². The summed E-state index contributed by atoms with van der Waals surface area (Å²) in [5.41, 5.74) is 0.129. The fourth-order valence-electron chi connectivity index (χ4n) is 5.85. The van der Waals surface area contributed by atoms with Crippen LogP contribution in [-0.2, 0) is 24.1 Å². The highest BCUT2D eigenvalue weighted by molar-refractivity contribution is 7.80. The van der Waals surface area contributed by atoms with E-state index < -0.39 is 34.0 Å². The molecule has 2 saturated carbocycles. The highest BCUT2D eigenvalue weighted by atomic mass is 32.3. The van der Waals surface area contributed by atoms with E-state index in [0.717, 1.165) is 12.0 Å². The Morgan fingerprint density at radius 3 is 2.59 bits per heavy atom. The zero-order chi connectivity index (χ0) is 21.6. The lowest BCUT2D eigenvalue weighted by Gasteiger charge is -2.60. The van der Waals surface area contributed by atoms with Gasteiger partial charge in [0.25, 0.3) is 0 Å². The fraction of sp³-hybridized carbons (Fsp3) is 0.750. The van der Waals surface area contributed by atoms with Crippen LogP contribution in [0, 0.1) is 22.7 Å². The fourth-order valence-corrected chi connectivity index (χ4v) is 6.46. The zero-order valence-corrected chi connectivity index (χ0v) is 17.7. The van der Waals surface area contributed by atoms with Crippen molar-refractivity contribution in [2.75, 3.05) is 13.2 Å². The maximum atomic E-state index is 11.8. The van der Waals surface area contributed by atoms with Crippen molar-refractivity contribution in [1.29, 1.82) is 0 Å². The first-order valence-corrected chi connectivity index (χ1v) is 11.3. The van der Waals surface area contributed by atoms with Crippen molar-refractivity contribution in [3.8, 4) is 0 Å². The number of ether oxygens (including phenoxy) is 1. The molecule has 3 fully saturated rings. The number of rotatable bonds is 5. The number of aliphatic hydroxyl groups excluding tert-OH is 2. The summed E-state index contributed by atoms with van der Waals surface area (Å²) in [7, 11) is -4.64. The van der Waals surface area contributed by atoms with E-state index in [9.17, 15) is 28.0 Å². The third kappa shape index (κ3) is 4.03. The molecule has 0 radical (unpaired) electrons. The molecule has 3 N–H and O–H groups in total. The molecule has 3 aliphatic rings. The first-order valence-electron chi connectivity index (χ1n) is 9.92. The van der Waals surface area contributed by atoms with Crippen molar-refractivity contribution < 1.29 is 36.9 Å². The largest absolute Gasteiger partial charge is 0.459 e. The van der Waals surface area contributed by atoms with E-state index in [0.29, 0.717) is 25.7 Å². The summed E-state index contributed by atoms with van der Waals surface area (Å²) in [4.78, 5) is 11.8. The lowest BCUT2D eigenvalue weighted by atomic mass is 9.46. The molecule has 0 spiro atoms. The number of carbonyl (C=O) groups excluding carboxylic acids is 1.